The van der Waals surface area contributed by atoms with E-state index in [2.05, 4.69) is 4.74 Å². The lowest BCUT2D eigenvalue weighted by Gasteiger charge is -2.01. The van der Waals surface area contributed by atoms with Gasteiger partial charge in [-0.3, -0.25) is 4.79 Å². The van der Waals surface area contributed by atoms with E-state index in [1.54, 1.807) is 0 Å². The second-order valence-electron chi connectivity index (χ2n) is 2.97. The number of esters is 1. The van der Waals surface area contributed by atoms with Gasteiger partial charge in [-0.1, -0.05) is 0 Å². The molecule has 0 saturated carbocycles. The fraction of sp³-hybridized carbons (Fsp3) is 0.750. The van der Waals surface area contributed by atoms with Gasteiger partial charge in [0.15, 0.2) is 9.84 Å². The van der Waals surface area contributed by atoms with E-state index >= 15 is 0 Å². The molecule has 14 heavy (non-hydrogen) atoms. The Kier molecular flexibility index (Phi) is 5.37. The molecule has 0 N–H and O–H groups in total. The van der Waals surface area contributed by atoms with Gasteiger partial charge in [0.1, 0.15) is 11.5 Å². The van der Waals surface area contributed by atoms with Crippen molar-refractivity contribution in [2.45, 2.75) is 19.8 Å². The van der Waals surface area contributed by atoms with E-state index in [4.69, 9.17) is 0 Å². The van der Waals surface area contributed by atoms with Crippen LogP contribution in [-0.2, 0) is 24.2 Å². The van der Waals surface area contributed by atoms with Crippen LogP contribution in [0.25, 0.3) is 0 Å². The average Bonchev–Trinajstić information content (AvgIpc) is 2.02. The lowest BCUT2D eigenvalue weighted by Crippen LogP contribution is -2.20. The number of carbonyl (C=O) groups excluding carboxylic acids is 2. The van der Waals surface area contributed by atoms with Gasteiger partial charge in [-0.2, -0.15) is 0 Å². The third-order valence-electron chi connectivity index (χ3n) is 1.55. The summed E-state index contributed by atoms with van der Waals surface area (Å²) in [4.78, 5) is 21.2. The van der Waals surface area contributed by atoms with Crippen molar-refractivity contribution in [3.05, 3.63) is 0 Å². The number of ketones is 1. The molecular formula is C8H14O5S. The first-order valence-corrected chi connectivity index (χ1v) is 5.96. The third kappa shape index (κ3) is 6.59. The Morgan fingerprint density at radius 2 is 1.86 bits per heavy atom. The summed E-state index contributed by atoms with van der Waals surface area (Å²) >= 11 is 0. The maximum absolute atomic E-state index is 11.2. The van der Waals surface area contributed by atoms with Crippen LogP contribution in [0.4, 0.5) is 0 Å². The van der Waals surface area contributed by atoms with Crippen molar-refractivity contribution in [3.8, 4) is 0 Å². The van der Waals surface area contributed by atoms with Gasteiger partial charge in [-0.25, -0.2) is 8.42 Å². The fourth-order valence-corrected chi connectivity index (χ4v) is 2.06. The Balaban J connectivity index is 3.96. The molecule has 0 unspecified atom stereocenters. The summed E-state index contributed by atoms with van der Waals surface area (Å²) in [6.07, 6.45) is 0.481. The van der Waals surface area contributed by atoms with Gasteiger partial charge in [0.2, 0.25) is 0 Å². The molecule has 5 nitrogen and oxygen atoms in total. The van der Waals surface area contributed by atoms with Crippen LogP contribution in [0.15, 0.2) is 0 Å². The minimum absolute atomic E-state index is 0.0572. The fourth-order valence-electron chi connectivity index (χ4n) is 0.852. The smallest absolute Gasteiger partial charge is 0.320 e. The van der Waals surface area contributed by atoms with Gasteiger partial charge in [-0.05, 0) is 13.3 Å². The molecule has 0 aliphatic heterocycles. The number of ether oxygens (including phenoxy) is 1. The van der Waals surface area contributed by atoms with Crippen LogP contribution in [0.5, 0.6) is 0 Å². The van der Waals surface area contributed by atoms with Crippen molar-refractivity contribution < 1.29 is 22.7 Å². The van der Waals surface area contributed by atoms with E-state index in [-0.39, 0.29) is 24.4 Å². The maximum atomic E-state index is 11.2. The Morgan fingerprint density at radius 1 is 1.29 bits per heavy atom. The summed E-state index contributed by atoms with van der Waals surface area (Å²) in [5.41, 5.74) is 0. The summed E-state index contributed by atoms with van der Waals surface area (Å²) in [7, 11) is -2.28. The molecule has 0 atom stereocenters. The van der Waals surface area contributed by atoms with Gasteiger partial charge in [-0.15, -0.1) is 0 Å². The molecule has 0 fully saturated rings. The molecule has 0 heterocycles. The molecule has 0 spiro atoms. The van der Waals surface area contributed by atoms with Crippen LogP contribution >= 0.6 is 0 Å². The molecule has 0 bridgehead atoms. The van der Waals surface area contributed by atoms with Crippen LogP contribution < -0.4 is 0 Å². The van der Waals surface area contributed by atoms with E-state index in [0.29, 0.717) is 0 Å². The minimum Gasteiger partial charge on any atom is -0.468 e. The predicted octanol–water partition coefficient (Wildman–Crippen LogP) is -0.0566. The first-order valence-electron chi connectivity index (χ1n) is 4.14. The number of methoxy groups -OCH3 is 1. The highest BCUT2D eigenvalue weighted by Crippen LogP contribution is 1.99. The number of hydrogen-bond donors (Lipinski definition) is 0. The summed E-state index contributed by atoms with van der Waals surface area (Å²) in [6, 6.07) is 0. The standard InChI is InChI=1S/C8H14O5S/c1-7(9)4-3-5-14(11,12)6-8(10)13-2/h3-6H2,1-2H3. The molecule has 0 aliphatic carbocycles. The monoisotopic (exact) mass is 222 g/mol. The Hall–Kier alpha value is -0.910. The normalized spacial score (nSPS) is 11.0. The molecule has 0 aliphatic rings. The largest absolute Gasteiger partial charge is 0.468 e. The van der Waals surface area contributed by atoms with E-state index in [1.165, 1.54) is 6.92 Å². The molecule has 6 heteroatoms. The van der Waals surface area contributed by atoms with Crippen LogP contribution in [-0.4, -0.2) is 38.8 Å². The molecule has 0 aromatic rings. The molecule has 0 radical (unpaired) electrons. The quantitative estimate of drug-likeness (QED) is 0.588. The molecule has 0 saturated heterocycles. The molecule has 82 valence electrons. The maximum Gasteiger partial charge on any atom is 0.320 e. The number of sulfone groups is 1. The second kappa shape index (κ2) is 5.74. The van der Waals surface area contributed by atoms with Gasteiger partial charge >= 0.3 is 5.97 Å². The third-order valence-corrected chi connectivity index (χ3v) is 3.14. The minimum atomic E-state index is -3.42. The SMILES string of the molecule is COC(=O)CS(=O)(=O)CCCC(C)=O. The molecule has 0 rings (SSSR count). The Morgan fingerprint density at radius 3 is 2.29 bits per heavy atom. The number of hydrogen-bond acceptors (Lipinski definition) is 5. The van der Waals surface area contributed by atoms with Crippen LogP contribution in [0.3, 0.4) is 0 Å². The summed E-state index contributed by atoms with van der Waals surface area (Å²) < 4.78 is 26.6. The van der Waals surface area contributed by atoms with Crippen LogP contribution in [0, 0.1) is 0 Å². The van der Waals surface area contributed by atoms with Crippen molar-refractivity contribution >= 4 is 21.6 Å². The van der Waals surface area contributed by atoms with E-state index in [9.17, 15) is 18.0 Å². The Bertz CT molecular complexity index is 304. The average molecular weight is 222 g/mol. The van der Waals surface area contributed by atoms with Crippen LogP contribution in [0.1, 0.15) is 19.8 Å². The van der Waals surface area contributed by atoms with Crippen molar-refractivity contribution in [1.29, 1.82) is 0 Å². The lowest BCUT2D eigenvalue weighted by molar-refractivity contribution is -0.137. The Labute approximate surface area is 83.4 Å². The van der Waals surface area contributed by atoms with Crippen molar-refractivity contribution in [1.82, 2.24) is 0 Å². The number of Topliss-reactive ketones (excluding diaryl/α,β-unsaturated/α-hetero) is 1. The van der Waals surface area contributed by atoms with E-state index in [0.717, 1.165) is 7.11 Å². The van der Waals surface area contributed by atoms with Crippen LogP contribution in [0.2, 0.25) is 0 Å². The second-order valence-corrected chi connectivity index (χ2v) is 5.16. The molecule has 0 amide bonds. The lowest BCUT2D eigenvalue weighted by atomic mass is 10.3. The van der Waals surface area contributed by atoms with E-state index in [1.807, 2.05) is 0 Å². The zero-order valence-corrected chi connectivity index (χ0v) is 9.09. The summed E-state index contributed by atoms with van der Waals surface area (Å²) in [6.45, 7) is 1.40. The van der Waals surface area contributed by atoms with Gasteiger partial charge in [0.25, 0.3) is 0 Å². The van der Waals surface area contributed by atoms with Gasteiger partial charge in [0.05, 0.1) is 12.9 Å². The highest BCUT2D eigenvalue weighted by Gasteiger charge is 2.16. The van der Waals surface area contributed by atoms with Crippen molar-refractivity contribution in [3.63, 3.8) is 0 Å². The topological polar surface area (TPSA) is 77.5 Å². The summed E-state index contributed by atoms with van der Waals surface area (Å²) in [5.74, 6) is -1.59. The summed E-state index contributed by atoms with van der Waals surface area (Å²) in [5, 5.41) is 0. The first-order chi connectivity index (χ1) is 6.37. The first kappa shape index (κ1) is 13.1. The van der Waals surface area contributed by atoms with Gasteiger partial charge in [0, 0.05) is 6.42 Å². The number of carbonyl (C=O) groups is 2. The molecule has 0 aromatic heterocycles. The zero-order valence-electron chi connectivity index (χ0n) is 8.28. The highest BCUT2D eigenvalue weighted by molar-refractivity contribution is 7.92. The van der Waals surface area contributed by atoms with Gasteiger partial charge < -0.3 is 9.53 Å². The highest BCUT2D eigenvalue weighted by atomic mass is 32.2. The van der Waals surface area contributed by atoms with Crippen molar-refractivity contribution in [2.24, 2.45) is 0 Å². The zero-order chi connectivity index (χ0) is 11.2. The predicted molar refractivity (Wildman–Crippen MR) is 50.6 cm³/mol. The van der Waals surface area contributed by atoms with Crippen molar-refractivity contribution in [2.75, 3.05) is 18.6 Å². The number of rotatable bonds is 6. The molecular weight excluding hydrogens is 208 g/mol. The van der Waals surface area contributed by atoms with E-state index < -0.39 is 21.6 Å². The molecule has 0 aromatic carbocycles.